The fourth-order valence-corrected chi connectivity index (χ4v) is 4.66. The first-order valence-corrected chi connectivity index (χ1v) is 15.4. The second-order valence-corrected chi connectivity index (χ2v) is 11.9. The molecule has 0 aromatic heterocycles. The standard InChI is InChI=1S/C30H51N5O9/c1-9-12-20(25(37)27(39)31-15-22(36)33-24(19(7)10-2)29(41)43-8)32-26(38)21-13-11-14-35(21)28(40)23(18(5)6)34-30(42)44-16-17(3)4/h17-21,23-24H,9-16H2,1-8H3,(H,31,39)(H,32,38)(H,33,36)(H,34,42). The maximum Gasteiger partial charge on any atom is 0.407 e. The molecule has 1 rings (SSSR count). The van der Waals surface area contributed by atoms with Gasteiger partial charge in [-0.1, -0.05) is 61.3 Å². The highest BCUT2D eigenvalue weighted by molar-refractivity contribution is 6.38. The Morgan fingerprint density at radius 2 is 1.57 bits per heavy atom. The SMILES string of the molecule is CCCC(NC(=O)C1CCCN1C(=O)C(NC(=O)OCC(C)C)C(C)C)C(=O)C(=O)NCC(=O)NC(C(=O)OC)C(C)CC. The van der Waals surface area contributed by atoms with E-state index in [9.17, 15) is 33.6 Å². The number of rotatable bonds is 17. The number of carbonyl (C=O) groups is 7. The summed E-state index contributed by atoms with van der Waals surface area (Å²) in [5.74, 6) is -4.74. The molecule has 250 valence electrons. The van der Waals surface area contributed by atoms with Gasteiger partial charge >= 0.3 is 12.1 Å². The molecule has 1 fully saturated rings. The van der Waals surface area contributed by atoms with Crippen molar-refractivity contribution in [3.05, 3.63) is 0 Å². The molecule has 44 heavy (non-hydrogen) atoms. The number of carbonyl (C=O) groups excluding carboxylic acids is 7. The van der Waals surface area contributed by atoms with E-state index in [2.05, 4.69) is 21.3 Å². The molecule has 0 aliphatic carbocycles. The van der Waals surface area contributed by atoms with Crippen LogP contribution in [0, 0.1) is 17.8 Å². The summed E-state index contributed by atoms with van der Waals surface area (Å²) < 4.78 is 9.90. The number of ether oxygens (including phenoxy) is 2. The summed E-state index contributed by atoms with van der Waals surface area (Å²) in [6.07, 6.45) is 1.37. The Labute approximate surface area is 260 Å². The Morgan fingerprint density at radius 1 is 0.909 bits per heavy atom. The number of nitrogens with zero attached hydrogens (tertiary/aromatic N) is 1. The number of hydrogen-bond donors (Lipinski definition) is 4. The van der Waals surface area contributed by atoms with Gasteiger partial charge in [0.2, 0.25) is 23.5 Å². The highest BCUT2D eigenvalue weighted by Crippen LogP contribution is 2.21. The van der Waals surface area contributed by atoms with Gasteiger partial charge in [-0.05, 0) is 37.0 Å². The molecule has 0 radical (unpaired) electrons. The van der Waals surface area contributed by atoms with Gasteiger partial charge in [0, 0.05) is 6.54 Å². The van der Waals surface area contributed by atoms with E-state index in [1.54, 1.807) is 27.7 Å². The van der Waals surface area contributed by atoms with Crippen molar-refractivity contribution in [1.29, 1.82) is 0 Å². The fourth-order valence-electron chi connectivity index (χ4n) is 4.66. The molecular formula is C30H51N5O9. The van der Waals surface area contributed by atoms with E-state index in [4.69, 9.17) is 9.47 Å². The van der Waals surface area contributed by atoms with Gasteiger partial charge < -0.3 is 35.6 Å². The summed E-state index contributed by atoms with van der Waals surface area (Å²) in [6.45, 7) is 12.6. The van der Waals surface area contributed by atoms with Crippen LogP contribution in [0.3, 0.4) is 0 Å². The van der Waals surface area contributed by atoms with Crippen LogP contribution in [-0.2, 0) is 38.2 Å². The molecule has 5 atom stereocenters. The van der Waals surface area contributed by atoms with Crippen molar-refractivity contribution in [2.24, 2.45) is 17.8 Å². The van der Waals surface area contributed by atoms with Crippen LogP contribution in [0.25, 0.3) is 0 Å². The molecule has 0 spiro atoms. The number of nitrogens with one attached hydrogen (secondary N) is 4. The third-order valence-corrected chi connectivity index (χ3v) is 7.42. The van der Waals surface area contributed by atoms with Crippen LogP contribution in [0.15, 0.2) is 0 Å². The highest BCUT2D eigenvalue weighted by atomic mass is 16.5. The van der Waals surface area contributed by atoms with E-state index in [1.807, 2.05) is 20.8 Å². The predicted molar refractivity (Wildman–Crippen MR) is 161 cm³/mol. The Morgan fingerprint density at radius 3 is 2.11 bits per heavy atom. The third kappa shape index (κ3) is 11.8. The van der Waals surface area contributed by atoms with E-state index >= 15 is 0 Å². The lowest BCUT2D eigenvalue weighted by molar-refractivity contribution is -0.146. The van der Waals surface area contributed by atoms with Gasteiger partial charge in [0.1, 0.15) is 18.1 Å². The fraction of sp³-hybridized carbons (Fsp3) is 0.767. The van der Waals surface area contributed by atoms with Crippen molar-refractivity contribution < 1.29 is 43.0 Å². The molecule has 1 heterocycles. The molecule has 1 aliphatic heterocycles. The largest absolute Gasteiger partial charge is 0.467 e. The first kappa shape index (κ1) is 38.3. The van der Waals surface area contributed by atoms with E-state index in [1.165, 1.54) is 12.0 Å². The van der Waals surface area contributed by atoms with E-state index < -0.39 is 72.2 Å². The van der Waals surface area contributed by atoms with Gasteiger partial charge in [0.15, 0.2) is 0 Å². The number of ketones is 1. The van der Waals surface area contributed by atoms with Gasteiger partial charge in [-0.3, -0.25) is 24.0 Å². The second kappa shape index (κ2) is 18.8. The lowest BCUT2D eigenvalue weighted by atomic mass is 9.99. The summed E-state index contributed by atoms with van der Waals surface area (Å²) >= 11 is 0. The van der Waals surface area contributed by atoms with Crippen molar-refractivity contribution in [3.8, 4) is 0 Å². The monoisotopic (exact) mass is 625 g/mol. The normalized spacial score (nSPS) is 17.2. The van der Waals surface area contributed by atoms with E-state index in [0.29, 0.717) is 25.7 Å². The van der Waals surface area contributed by atoms with Crippen LogP contribution >= 0.6 is 0 Å². The van der Waals surface area contributed by atoms with Crippen LogP contribution in [0.5, 0.6) is 0 Å². The zero-order valence-electron chi connectivity index (χ0n) is 27.3. The number of alkyl carbamates (subject to hydrolysis) is 1. The quantitative estimate of drug-likeness (QED) is 0.135. The Bertz CT molecular complexity index is 1030. The molecule has 1 saturated heterocycles. The molecule has 14 nitrogen and oxygen atoms in total. The van der Waals surface area contributed by atoms with Crippen LogP contribution in [0.4, 0.5) is 4.79 Å². The summed E-state index contributed by atoms with van der Waals surface area (Å²) in [5, 5.41) is 9.99. The Hall–Kier alpha value is -3.71. The maximum absolute atomic E-state index is 13.5. The highest BCUT2D eigenvalue weighted by Gasteiger charge is 2.40. The summed E-state index contributed by atoms with van der Waals surface area (Å²) in [7, 11) is 1.21. The van der Waals surface area contributed by atoms with Crippen molar-refractivity contribution >= 4 is 41.5 Å². The van der Waals surface area contributed by atoms with Crippen LogP contribution < -0.4 is 21.3 Å². The Balaban J connectivity index is 2.88. The maximum atomic E-state index is 13.5. The van der Waals surface area contributed by atoms with Gasteiger partial charge in [-0.25, -0.2) is 9.59 Å². The van der Waals surface area contributed by atoms with Crippen molar-refractivity contribution in [3.63, 3.8) is 0 Å². The summed E-state index contributed by atoms with van der Waals surface area (Å²) in [4.78, 5) is 90.6. The summed E-state index contributed by atoms with van der Waals surface area (Å²) in [6, 6.07) is -3.91. The van der Waals surface area contributed by atoms with Gasteiger partial charge in [-0.2, -0.15) is 0 Å². The van der Waals surface area contributed by atoms with Crippen molar-refractivity contribution in [2.75, 3.05) is 26.8 Å². The van der Waals surface area contributed by atoms with Crippen LogP contribution in [-0.4, -0.2) is 97.3 Å². The minimum Gasteiger partial charge on any atom is -0.467 e. The molecular weight excluding hydrogens is 574 g/mol. The number of amides is 5. The molecule has 0 aromatic rings. The van der Waals surface area contributed by atoms with Crippen molar-refractivity contribution in [2.45, 2.75) is 105 Å². The zero-order valence-corrected chi connectivity index (χ0v) is 27.3. The van der Waals surface area contributed by atoms with Crippen LogP contribution in [0.1, 0.15) is 80.6 Å². The first-order valence-electron chi connectivity index (χ1n) is 15.4. The number of hydrogen-bond acceptors (Lipinski definition) is 9. The van der Waals surface area contributed by atoms with Gasteiger partial charge in [-0.15, -0.1) is 0 Å². The van der Waals surface area contributed by atoms with E-state index in [-0.39, 0.29) is 37.3 Å². The number of Topliss-reactive ketones (excluding diaryl/α,β-unsaturated/α-hetero) is 1. The van der Waals surface area contributed by atoms with Gasteiger partial charge in [0.05, 0.1) is 26.3 Å². The minimum atomic E-state index is -1.18. The third-order valence-electron chi connectivity index (χ3n) is 7.42. The Kier molecular flexibility index (Phi) is 16.4. The molecule has 1 aliphatic rings. The van der Waals surface area contributed by atoms with Crippen LogP contribution in [0.2, 0.25) is 0 Å². The molecule has 0 saturated carbocycles. The lowest BCUT2D eigenvalue weighted by Gasteiger charge is -2.31. The van der Waals surface area contributed by atoms with E-state index in [0.717, 1.165) is 0 Å². The molecule has 4 N–H and O–H groups in total. The number of methoxy groups -OCH3 is 1. The lowest BCUT2D eigenvalue weighted by Crippen LogP contribution is -2.57. The topological polar surface area (TPSA) is 189 Å². The molecule has 14 heteroatoms. The predicted octanol–water partition coefficient (Wildman–Crippen LogP) is 1.06. The number of esters is 1. The zero-order chi connectivity index (χ0) is 33.6. The average Bonchev–Trinajstić information content (AvgIpc) is 3.48. The molecule has 0 aromatic carbocycles. The smallest absolute Gasteiger partial charge is 0.407 e. The number of likely N-dealkylation sites (tertiary alicyclic amines) is 1. The molecule has 5 unspecified atom stereocenters. The minimum absolute atomic E-state index is 0.118. The van der Waals surface area contributed by atoms with Crippen molar-refractivity contribution in [1.82, 2.24) is 26.2 Å². The molecule has 5 amide bonds. The van der Waals surface area contributed by atoms with Gasteiger partial charge in [0.25, 0.3) is 5.91 Å². The average molecular weight is 626 g/mol. The second-order valence-electron chi connectivity index (χ2n) is 11.9. The summed E-state index contributed by atoms with van der Waals surface area (Å²) in [5.41, 5.74) is 0. The first-order chi connectivity index (χ1) is 20.7. The molecule has 0 bridgehead atoms.